The van der Waals surface area contributed by atoms with E-state index >= 15 is 0 Å². The molecule has 1 unspecified atom stereocenters. The third-order valence-electron chi connectivity index (χ3n) is 2.11. The quantitative estimate of drug-likeness (QED) is 0.595. The van der Waals surface area contributed by atoms with Crippen LogP contribution in [0.15, 0.2) is 0 Å². The topological polar surface area (TPSA) is 43.7 Å². The molecular formula is C10H23NO2. The summed E-state index contributed by atoms with van der Waals surface area (Å²) in [6, 6.07) is 0. The van der Waals surface area contributed by atoms with Crippen molar-refractivity contribution in [2.24, 2.45) is 0 Å². The Morgan fingerprint density at radius 3 is 2.38 bits per heavy atom. The second-order valence-electron chi connectivity index (χ2n) is 3.56. The lowest BCUT2D eigenvalue weighted by molar-refractivity contribution is 0.141. The third kappa shape index (κ3) is 8.22. The molecule has 0 radical (unpaired) electrons. The molecule has 0 aliphatic carbocycles. The normalized spacial score (nSPS) is 13.6. The average Bonchev–Trinajstić information content (AvgIpc) is 2.09. The molecule has 80 valence electrons. The lowest BCUT2D eigenvalue weighted by Crippen LogP contribution is -2.30. The number of hydrogen-bond acceptors (Lipinski definition) is 3. The van der Waals surface area contributed by atoms with Crippen LogP contribution < -0.4 is 0 Å². The van der Waals surface area contributed by atoms with E-state index in [9.17, 15) is 0 Å². The summed E-state index contributed by atoms with van der Waals surface area (Å²) in [4.78, 5) is 2.20. The maximum absolute atomic E-state index is 9.11. The fraction of sp³-hybridized carbons (Fsp3) is 1.00. The van der Waals surface area contributed by atoms with E-state index in [-0.39, 0.29) is 12.7 Å². The molecule has 0 aliphatic heterocycles. The summed E-state index contributed by atoms with van der Waals surface area (Å²) in [6.45, 7) is 6.82. The van der Waals surface area contributed by atoms with E-state index in [0.717, 1.165) is 26.1 Å². The third-order valence-corrected chi connectivity index (χ3v) is 2.11. The molecule has 0 fully saturated rings. The van der Waals surface area contributed by atoms with Crippen LogP contribution in [0.5, 0.6) is 0 Å². The zero-order valence-electron chi connectivity index (χ0n) is 8.87. The van der Waals surface area contributed by atoms with Gasteiger partial charge in [-0.3, -0.25) is 0 Å². The Bertz CT molecular complexity index is 107. The van der Waals surface area contributed by atoms with Gasteiger partial charge in [-0.1, -0.05) is 13.3 Å². The standard InChI is InChI=1S/C10H23NO2/c1-3-4-6-11(8-9-12)7-5-10(2)13/h10,12-13H,3-9H2,1-2H3. The Morgan fingerprint density at radius 2 is 1.92 bits per heavy atom. The fourth-order valence-corrected chi connectivity index (χ4v) is 1.23. The second kappa shape index (κ2) is 8.48. The first-order valence-corrected chi connectivity index (χ1v) is 5.22. The van der Waals surface area contributed by atoms with Crippen molar-refractivity contribution >= 4 is 0 Å². The highest BCUT2D eigenvalue weighted by atomic mass is 16.3. The number of rotatable bonds is 8. The first-order chi connectivity index (χ1) is 6.20. The van der Waals surface area contributed by atoms with Crippen LogP contribution in [0.3, 0.4) is 0 Å². The molecule has 0 heterocycles. The van der Waals surface area contributed by atoms with Gasteiger partial charge in [-0.25, -0.2) is 0 Å². The minimum atomic E-state index is -0.234. The van der Waals surface area contributed by atoms with Gasteiger partial charge in [0.15, 0.2) is 0 Å². The molecule has 0 aromatic carbocycles. The molecular weight excluding hydrogens is 166 g/mol. The highest BCUT2D eigenvalue weighted by molar-refractivity contribution is 4.59. The van der Waals surface area contributed by atoms with Crippen molar-refractivity contribution in [2.45, 2.75) is 39.2 Å². The predicted octanol–water partition coefficient (Wildman–Crippen LogP) is 0.852. The van der Waals surface area contributed by atoms with Gasteiger partial charge in [0, 0.05) is 13.1 Å². The highest BCUT2D eigenvalue weighted by Crippen LogP contribution is 1.98. The first kappa shape index (κ1) is 12.9. The van der Waals surface area contributed by atoms with Crippen molar-refractivity contribution in [3.63, 3.8) is 0 Å². The molecule has 0 spiro atoms. The van der Waals surface area contributed by atoms with Crippen LogP contribution in [0.4, 0.5) is 0 Å². The summed E-state index contributed by atoms with van der Waals surface area (Å²) in [6.07, 6.45) is 2.91. The van der Waals surface area contributed by atoms with Gasteiger partial charge in [0.05, 0.1) is 12.7 Å². The maximum atomic E-state index is 9.11. The van der Waals surface area contributed by atoms with Gasteiger partial charge >= 0.3 is 0 Å². The van der Waals surface area contributed by atoms with Crippen molar-refractivity contribution in [3.05, 3.63) is 0 Å². The van der Waals surface area contributed by atoms with E-state index < -0.39 is 0 Å². The molecule has 0 aromatic rings. The van der Waals surface area contributed by atoms with E-state index in [1.165, 1.54) is 12.8 Å². The Labute approximate surface area is 81.4 Å². The van der Waals surface area contributed by atoms with Crippen LogP contribution in [-0.4, -0.2) is 47.5 Å². The smallest absolute Gasteiger partial charge is 0.0558 e. The van der Waals surface area contributed by atoms with Gasteiger partial charge in [0.1, 0.15) is 0 Å². The Morgan fingerprint density at radius 1 is 1.23 bits per heavy atom. The summed E-state index contributed by atoms with van der Waals surface area (Å²) in [5, 5.41) is 17.9. The number of nitrogens with zero attached hydrogens (tertiary/aromatic N) is 1. The second-order valence-corrected chi connectivity index (χ2v) is 3.56. The van der Waals surface area contributed by atoms with Crippen molar-refractivity contribution in [3.8, 4) is 0 Å². The SMILES string of the molecule is CCCCN(CCO)CCC(C)O. The summed E-state index contributed by atoms with van der Waals surface area (Å²) in [5.74, 6) is 0. The van der Waals surface area contributed by atoms with E-state index in [2.05, 4.69) is 11.8 Å². The molecule has 0 aliphatic rings. The van der Waals surface area contributed by atoms with Crippen molar-refractivity contribution < 1.29 is 10.2 Å². The van der Waals surface area contributed by atoms with Gasteiger partial charge in [0.25, 0.3) is 0 Å². The number of aliphatic hydroxyl groups excluding tert-OH is 2. The van der Waals surface area contributed by atoms with Crippen LogP contribution in [0, 0.1) is 0 Å². The van der Waals surface area contributed by atoms with Crippen molar-refractivity contribution in [2.75, 3.05) is 26.2 Å². The van der Waals surface area contributed by atoms with E-state index in [4.69, 9.17) is 10.2 Å². The summed E-state index contributed by atoms with van der Waals surface area (Å²) in [7, 11) is 0. The summed E-state index contributed by atoms with van der Waals surface area (Å²) >= 11 is 0. The van der Waals surface area contributed by atoms with Crippen LogP contribution in [-0.2, 0) is 0 Å². The minimum absolute atomic E-state index is 0.212. The van der Waals surface area contributed by atoms with E-state index in [1.54, 1.807) is 6.92 Å². The summed E-state index contributed by atoms with van der Waals surface area (Å²) < 4.78 is 0. The molecule has 0 bridgehead atoms. The number of unbranched alkanes of at least 4 members (excludes halogenated alkanes) is 1. The molecule has 0 saturated carbocycles. The Hall–Kier alpha value is -0.120. The average molecular weight is 189 g/mol. The predicted molar refractivity (Wildman–Crippen MR) is 54.7 cm³/mol. The molecule has 3 heteroatoms. The Kier molecular flexibility index (Phi) is 8.40. The van der Waals surface area contributed by atoms with Gasteiger partial charge in [-0.15, -0.1) is 0 Å². The van der Waals surface area contributed by atoms with Crippen LogP contribution >= 0.6 is 0 Å². The monoisotopic (exact) mass is 189 g/mol. The number of hydrogen-bond donors (Lipinski definition) is 2. The molecule has 0 saturated heterocycles. The van der Waals surface area contributed by atoms with Gasteiger partial charge in [-0.05, 0) is 26.3 Å². The van der Waals surface area contributed by atoms with Crippen LogP contribution in [0.1, 0.15) is 33.1 Å². The van der Waals surface area contributed by atoms with Gasteiger partial charge < -0.3 is 15.1 Å². The maximum Gasteiger partial charge on any atom is 0.0558 e. The highest BCUT2D eigenvalue weighted by Gasteiger charge is 2.04. The lowest BCUT2D eigenvalue weighted by atomic mass is 10.2. The Balaban J connectivity index is 3.53. The summed E-state index contributed by atoms with van der Waals surface area (Å²) in [5.41, 5.74) is 0. The van der Waals surface area contributed by atoms with E-state index in [0.29, 0.717) is 0 Å². The fourth-order valence-electron chi connectivity index (χ4n) is 1.23. The largest absolute Gasteiger partial charge is 0.395 e. The molecule has 0 amide bonds. The first-order valence-electron chi connectivity index (χ1n) is 5.22. The van der Waals surface area contributed by atoms with Crippen LogP contribution in [0.2, 0.25) is 0 Å². The number of aliphatic hydroxyl groups is 2. The molecule has 0 aromatic heterocycles. The van der Waals surface area contributed by atoms with Crippen LogP contribution in [0.25, 0.3) is 0 Å². The lowest BCUT2D eigenvalue weighted by Gasteiger charge is -2.21. The minimum Gasteiger partial charge on any atom is -0.395 e. The molecule has 2 N–H and O–H groups in total. The zero-order chi connectivity index (χ0) is 10.1. The van der Waals surface area contributed by atoms with E-state index in [1.807, 2.05) is 0 Å². The van der Waals surface area contributed by atoms with Gasteiger partial charge in [-0.2, -0.15) is 0 Å². The van der Waals surface area contributed by atoms with Crippen molar-refractivity contribution in [1.29, 1.82) is 0 Å². The van der Waals surface area contributed by atoms with Gasteiger partial charge in [0.2, 0.25) is 0 Å². The molecule has 3 nitrogen and oxygen atoms in total. The van der Waals surface area contributed by atoms with Crippen molar-refractivity contribution in [1.82, 2.24) is 4.90 Å². The zero-order valence-corrected chi connectivity index (χ0v) is 8.87. The molecule has 0 rings (SSSR count). The molecule has 13 heavy (non-hydrogen) atoms. The molecule has 1 atom stereocenters.